The van der Waals surface area contributed by atoms with Gasteiger partial charge >= 0.3 is 5.97 Å². The molecule has 0 radical (unpaired) electrons. The van der Waals surface area contributed by atoms with Gasteiger partial charge in [-0.1, -0.05) is 64.7 Å². The minimum absolute atomic E-state index is 0.124. The van der Waals surface area contributed by atoms with Crippen LogP contribution in [0.5, 0.6) is 0 Å². The van der Waals surface area contributed by atoms with E-state index in [1.54, 1.807) is 0 Å². The molecule has 0 spiro atoms. The number of carbonyl (C=O) groups excluding carboxylic acids is 1. The van der Waals surface area contributed by atoms with E-state index in [9.17, 15) is 14.7 Å². The molecule has 0 fully saturated rings. The molecule has 0 aromatic heterocycles. The number of unbranched alkanes of at least 4 members (excludes halogenated alkanes) is 8. The highest BCUT2D eigenvalue weighted by atomic mass is 16.4. The van der Waals surface area contributed by atoms with Gasteiger partial charge in [0.15, 0.2) is 0 Å². The first kappa shape index (κ1) is 21.9. The maximum Gasteiger partial charge on any atom is 0.328 e. The quantitative estimate of drug-likeness (QED) is 0.344. The Balaban J connectivity index is 3.57. The molecule has 4 N–H and O–H groups in total. The van der Waals surface area contributed by atoms with Gasteiger partial charge in [0.05, 0.1) is 19.1 Å². The van der Waals surface area contributed by atoms with Crippen molar-refractivity contribution >= 4 is 11.9 Å². The monoisotopic (exact) mass is 331 g/mol. The van der Waals surface area contributed by atoms with Crippen LogP contribution in [0.25, 0.3) is 0 Å². The van der Waals surface area contributed by atoms with Crippen LogP contribution in [0, 0.1) is 0 Å². The van der Waals surface area contributed by atoms with E-state index in [2.05, 4.69) is 12.2 Å². The number of aliphatic carboxylic acids is 1. The normalized spacial score (nSPS) is 13.5. The number of carbonyl (C=O) groups is 2. The maximum atomic E-state index is 11.5. The molecular weight excluding hydrogens is 298 g/mol. The Labute approximate surface area is 139 Å². The van der Waals surface area contributed by atoms with Crippen molar-refractivity contribution in [2.75, 3.05) is 6.61 Å². The van der Waals surface area contributed by atoms with Crippen LogP contribution in [0.3, 0.4) is 0 Å². The van der Waals surface area contributed by atoms with Crippen molar-refractivity contribution in [3.05, 3.63) is 0 Å². The summed E-state index contributed by atoms with van der Waals surface area (Å²) < 4.78 is 0. The van der Waals surface area contributed by atoms with E-state index in [0.29, 0.717) is 6.42 Å². The molecule has 0 bridgehead atoms. The Morgan fingerprint density at radius 2 is 1.48 bits per heavy atom. The van der Waals surface area contributed by atoms with Gasteiger partial charge < -0.3 is 20.6 Å². The van der Waals surface area contributed by atoms with Crippen LogP contribution in [0.4, 0.5) is 0 Å². The van der Waals surface area contributed by atoms with Gasteiger partial charge in [-0.05, 0) is 6.42 Å². The highest BCUT2D eigenvalue weighted by molar-refractivity contribution is 5.83. The zero-order valence-corrected chi connectivity index (χ0v) is 14.3. The Morgan fingerprint density at radius 3 is 1.96 bits per heavy atom. The Hall–Kier alpha value is -1.14. The van der Waals surface area contributed by atoms with Gasteiger partial charge in [0.2, 0.25) is 5.91 Å². The second kappa shape index (κ2) is 14.5. The summed E-state index contributed by atoms with van der Waals surface area (Å²) in [5.41, 5.74) is 0. The number of aliphatic hydroxyl groups excluding tert-OH is 2. The summed E-state index contributed by atoms with van der Waals surface area (Å²) in [6.07, 6.45) is 10.4. The van der Waals surface area contributed by atoms with Gasteiger partial charge in [-0.3, -0.25) is 4.79 Å². The number of carboxylic acids is 1. The van der Waals surface area contributed by atoms with Gasteiger partial charge in [0.25, 0.3) is 0 Å². The van der Waals surface area contributed by atoms with Crippen molar-refractivity contribution in [1.29, 1.82) is 0 Å². The van der Waals surface area contributed by atoms with Crippen LogP contribution in [0.2, 0.25) is 0 Å². The van der Waals surface area contributed by atoms with E-state index in [1.807, 2.05) is 0 Å². The lowest BCUT2D eigenvalue weighted by Crippen LogP contribution is -2.44. The fourth-order valence-corrected chi connectivity index (χ4v) is 2.45. The average molecular weight is 331 g/mol. The molecule has 0 rings (SSSR count). The van der Waals surface area contributed by atoms with E-state index < -0.39 is 30.6 Å². The number of carboxylic acid groups (broad SMARTS) is 1. The molecule has 2 atom stereocenters. The molecule has 0 saturated carbocycles. The number of hydrogen-bond acceptors (Lipinski definition) is 4. The molecule has 0 aliphatic carbocycles. The fraction of sp³-hybridized carbons (Fsp3) is 0.882. The van der Waals surface area contributed by atoms with Crippen LogP contribution in [0.1, 0.15) is 77.6 Å². The summed E-state index contributed by atoms with van der Waals surface area (Å²) in [6, 6.07) is -1.30. The molecule has 0 aliphatic rings. The zero-order chi connectivity index (χ0) is 17.5. The molecule has 0 saturated heterocycles. The maximum absolute atomic E-state index is 11.5. The predicted molar refractivity (Wildman–Crippen MR) is 89.1 cm³/mol. The van der Waals surface area contributed by atoms with E-state index in [0.717, 1.165) is 19.3 Å². The SMILES string of the molecule is CCCCCCCCCCCC(O)CC(=O)N[C@H](CO)C(=O)O. The van der Waals surface area contributed by atoms with E-state index in [1.165, 1.54) is 38.5 Å². The summed E-state index contributed by atoms with van der Waals surface area (Å²) in [5, 5.41) is 29.5. The molecule has 0 aliphatic heterocycles. The third-order valence-electron chi connectivity index (χ3n) is 3.88. The largest absolute Gasteiger partial charge is 0.480 e. The van der Waals surface area contributed by atoms with Crippen molar-refractivity contribution in [1.82, 2.24) is 5.32 Å². The number of rotatable bonds is 15. The third-order valence-corrected chi connectivity index (χ3v) is 3.88. The van der Waals surface area contributed by atoms with E-state index >= 15 is 0 Å². The lowest BCUT2D eigenvalue weighted by molar-refractivity contribution is -0.143. The standard InChI is InChI=1S/C17H33NO5/c1-2-3-4-5-6-7-8-9-10-11-14(20)12-16(21)18-15(13-19)17(22)23/h14-15,19-20H,2-13H2,1H3,(H,18,21)(H,22,23)/t14?,15-/m1/s1. The molecule has 1 amide bonds. The smallest absolute Gasteiger partial charge is 0.328 e. The summed E-state index contributed by atoms with van der Waals surface area (Å²) in [5.74, 6) is -1.83. The second-order valence-corrected chi connectivity index (χ2v) is 6.12. The first-order chi connectivity index (χ1) is 11.0. The van der Waals surface area contributed by atoms with Gasteiger partial charge in [0, 0.05) is 0 Å². The molecule has 1 unspecified atom stereocenters. The average Bonchev–Trinajstić information content (AvgIpc) is 2.50. The van der Waals surface area contributed by atoms with Crippen molar-refractivity contribution in [3.63, 3.8) is 0 Å². The Morgan fingerprint density at radius 1 is 0.957 bits per heavy atom. The topological polar surface area (TPSA) is 107 Å². The summed E-state index contributed by atoms with van der Waals surface area (Å²) in [6.45, 7) is 1.55. The molecule has 6 nitrogen and oxygen atoms in total. The van der Waals surface area contributed by atoms with Gasteiger partial charge in [0.1, 0.15) is 6.04 Å². The molecule has 23 heavy (non-hydrogen) atoms. The van der Waals surface area contributed by atoms with E-state index in [4.69, 9.17) is 10.2 Å². The predicted octanol–water partition coefficient (Wildman–Crippen LogP) is 2.22. The van der Waals surface area contributed by atoms with Gasteiger partial charge in [-0.25, -0.2) is 4.79 Å². The van der Waals surface area contributed by atoms with E-state index in [-0.39, 0.29) is 6.42 Å². The number of hydrogen-bond donors (Lipinski definition) is 4. The first-order valence-electron chi connectivity index (χ1n) is 8.82. The van der Waals surface area contributed by atoms with Crippen molar-refractivity contribution < 1.29 is 24.9 Å². The van der Waals surface area contributed by atoms with Crippen molar-refractivity contribution in [3.8, 4) is 0 Å². The number of aliphatic hydroxyl groups is 2. The second-order valence-electron chi connectivity index (χ2n) is 6.12. The summed E-state index contributed by atoms with van der Waals surface area (Å²) in [7, 11) is 0. The lowest BCUT2D eigenvalue weighted by Gasteiger charge is -2.14. The van der Waals surface area contributed by atoms with Crippen LogP contribution in [-0.2, 0) is 9.59 Å². The number of nitrogens with one attached hydrogen (secondary N) is 1. The molecule has 6 heteroatoms. The summed E-state index contributed by atoms with van der Waals surface area (Å²) >= 11 is 0. The van der Waals surface area contributed by atoms with Crippen LogP contribution >= 0.6 is 0 Å². The zero-order valence-electron chi connectivity index (χ0n) is 14.3. The highest BCUT2D eigenvalue weighted by Crippen LogP contribution is 2.12. The molecular formula is C17H33NO5. The summed E-state index contributed by atoms with van der Waals surface area (Å²) in [4.78, 5) is 22.2. The van der Waals surface area contributed by atoms with Crippen LogP contribution in [-0.4, -0.2) is 45.9 Å². The highest BCUT2D eigenvalue weighted by Gasteiger charge is 2.20. The number of amides is 1. The van der Waals surface area contributed by atoms with Crippen molar-refractivity contribution in [2.24, 2.45) is 0 Å². The third kappa shape index (κ3) is 13.0. The lowest BCUT2D eigenvalue weighted by atomic mass is 10.0. The van der Waals surface area contributed by atoms with Crippen molar-refractivity contribution in [2.45, 2.75) is 89.7 Å². The minimum atomic E-state index is -1.30. The minimum Gasteiger partial charge on any atom is -0.480 e. The molecule has 0 aromatic rings. The van der Waals surface area contributed by atoms with Gasteiger partial charge in [-0.15, -0.1) is 0 Å². The molecule has 136 valence electrons. The van der Waals surface area contributed by atoms with Gasteiger partial charge in [-0.2, -0.15) is 0 Å². The Bertz CT molecular complexity index is 322. The first-order valence-corrected chi connectivity index (χ1v) is 8.82. The van der Waals surface area contributed by atoms with Crippen LogP contribution in [0.15, 0.2) is 0 Å². The van der Waals surface area contributed by atoms with Crippen LogP contribution < -0.4 is 5.32 Å². The molecule has 0 heterocycles. The Kier molecular flexibility index (Phi) is 13.7. The molecule has 0 aromatic carbocycles. The fourth-order valence-electron chi connectivity index (χ4n) is 2.45.